The van der Waals surface area contributed by atoms with Crippen molar-refractivity contribution in [2.24, 2.45) is 0 Å². The van der Waals surface area contributed by atoms with Gasteiger partial charge in [-0.2, -0.15) is 0 Å². The van der Waals surface area contributed by atoms with Crippen molar-refractivity contribution in [1.82, 2.24) is 10.2 Å². The zero-order valence-corrected chi connectivity index (χ0v) is 13.3. The van der Waals surface area contributed by atoms with Crippen LogP contribution in [0.15, 0.2) is 0 Å². The van der Waals surface area contributed by atoms with Crippen LogP contribution < -0.4 is 5.32 Å². The highest BCUT2D eigenvalue weighted by atomic mass is 16.6. The van der Waals surface area contributed by atoms with Gasteiger partial charge in [0.25, 0.3) is 0 Å². The molecule has 4 heteroatoms. The molecule has 1 saturated carbocycles. The van der Waals surface area contributed by atoms with Crippen LogP contribution in [-0.4, -0.2) is 35.3 Å². The fraction of sp³-hybridized carbons (Fsp3) is 0.938. The van der Waals surface area contributed by atoms with Crippen molar-refractivity contribution >= 4 is 6.09 Å². The number of carbonyl (C=O) groups is 1. The van der Waals surface area contributed by atoms with E-state index >= 15 is 0 Å². The van der Waals surface area contributed by atoms with Gasteiger partial charge in [0.05, 0.1) is 6.17 Å². The highest BCUT2D eigenvalue weighted by Crippen LogP contribution is 2.23. The molecule has 0 spiro atoms. The molecule has 1 unspecified atom stereocenters. The van der Waals surface area contributed by atoms with Gasteiger partial charge < -0.3 is 4.74 Å². The third-order valence-corrected chi connectivity index (χ3v) is 4.16. The van der Waals surface area contributed by atoms with Gasteiger partial charge in [-0.15, -0.1) is 0 Å². The van der Waals surface area contributed by atoms with Gasteiger partial charge in [-0.25, -0.2) is 4.79 Å². The molecule has 20 heavy (non-hydrogen) atoms. The lowest BCUT2D eigenvalue weighted by Gasteiger charge is -2.39. The summed E-state index contributed by atoms with van der Waals surface area (Å²) in [5.41, 5.74) is -0.413. The number of piperidine rings is 1. The molecule has 1 aliphatic carbocycles. The maximum absolute atomic E-state index is 12.3. The first-order valence-electron chi connectivity index (χ1n) is 8.21. The van der Waals surface area contributed by atoms with Crippen molar-refractivity contribution in [2.45, 2.75) is 89.9 Å². The Morgan fingerprint density at radius 1 is 1.05 bits per heavy atom. The second-order valence-corrected chi connectivity index (χ2v) is 7.19. The molecule has 0 bridgehead atoms. The Kier molecular flexibility index (Phi) is 5.30. The van der Waals surface area contributed by atoms with Crippen LogP contribution in [-0.2, 0) is 4.74 Å². The van der Waals surface area contributed by atoms with E-state index in [1.807, 2.05) is 25.7 Å². The first-order chi connectivity index (χ1) is 9.46. The summed E-state index contributed by atoms with van der Waals surface area (Å²) in [5, 5.41) is 3.70. The number of carbonyl (C=O) groups excluding carboxylic acids is 1. The average molecular weight is 282 g/mol. The third-order valence-electron chi connectivity index (χ3n) is 4.16. The molecule has 0 radical (unpaired) electrons. The minimum atomic E-state index is -0.413. The van der Waals surface area contributed by atoms with Gasteiger partial charge in [-0.05, 0) is 52.9 Å². The smallest absolute Gasteiger partial charge is 0.411 e. The lowest BCUT2D eigenvalue weighted by Crippen LogP contribution is -2.55. The quantitative estimate of drug-likeness (QED) is 0.840. The fourth-order valence-electron chi connectivity index (χ4n) is 3.19. The van der Waals surface area contributed by atoms with E-state index in [9.17, 15) is 4.79 Å². The number of rotatable bonds is 2. The van der Waals surface area contributed by atoms with Crippen LogP contribution in [0.5, 0.6) is 0 Å². The summed E-state index contributed by atoms with van der Waals surface area (Å²) in [5.74, 6) is 0. The summed E-state index contributed by atoms with van der Waals surface area (Å²) in [6.07, 6.45) is 9.83. The standard InChI is InChI=1S/C16H30N2O2/c1-16(2,3)20-15(19)18-12-8-7-11-14(18)17-13-9-5-4-6-10-13/h13-14,17H,4-12H2,1-3H3. The Morgan fingerprint density at radius 2 is 1.70 bits per heavy atom. The average Bonchev–Trinajstić information content (AvgIpc) is 2.38. The van der Waals surface area contributed by atoms with Gasteiger partial charge in [-0.3, -0.25) is 10.2 Å². The van der Waals surface area contributed by atoms with Crippen LogP contribution in [0, 0.1) is 0 Å². The lowest BCUT2D eigenvalue weighted by atomic mass is 9.94. The Hall–Kier alpha value is -0.770. The molecule has 0 aromatic heterocycles. The topological polar surface area (TPSA) is 41.6 Å². The molecule has 1 atom stereocenters. The number of nitrogens with one attached hydrogen (secondary N) is 1. The van der Waals surface area contributed by atoms with Gasteiger partial charge >= 0.3 is 6.09 Å². The van der Waals surface area contributed by atoms with E-state index in [0.29, 0.717) is 6.04 Å². The van der Waals surface area contributed by atoms with Crippen LogP contribution in [0.3, 0.4) is 0 Å². The van der Waals surface area contributed by atoms with E-state index in [-0.39, 0.29) is 12.3 Å². The first-order valence-corrected chi connectivity index (χ1v) is 8.21. The van der Waals surface area contributed by atoms with Crippen LogP contribution in [0.25, 0.3) is 0 Å². The molecule has 1 amide bonds. The molecule has 2 fully saturated rings. The molecule has 0 aromatic rings. The third kappa shape index (κ3) is 4.65. The zero-order valence-electron chi connectivity index (χ0n) is 13.3. The van der Waals surface area contributed by atoms with Crippen molar-refractivity contribution in [3.05, 3.63) is 0 Å². The number of likely N-dealkylation sites (tertiary alicyclic amines) is 1. The molecule has 0 aromatic carbocycles. The molecule has 116 valence electrons. The van der Waals surface area contributed by atoms with Gasteiger partial charge in [-0.1, -0.05) is 19.3 Å². The number of ether oxygens (including phenoxy) is 1. The summed E-state index contributed by atoms with van der Waals surface area (Å²) in [4.78, 5) is 14.2. The van der Waals surface area contributed by atoms with Crippen LogP contribution >= 0.6 is 0 Å². The molecule has 1 aliphatic heterocycles. The molecule has 1 heterocycles. The normalized spacial score (nSPS) is 25.6. The van der Waals surface area contributed by atoms with E-state index in [4.69, 9.17) is 4.74 Å². The van der Waals surface area contributed by atoms with Crippen molar-refractivity contribution in [3.63, 3.8) is 0 Å². The molecule has 2 rings (SSSR count). The van der Waals surface area contributed by atoms with E-state index in [1.54, 1.807) is 0 Å². The Bertz CT molecular complexity index is 319. The van der Waals surface area contributed by atoms with E-state index < -0.39 is 5.60 Å². The number of hydrogen-bond donors (Lipinski definition) is 1. The van der Waals surface area contributed by atoms with Gasteiger partial charge in [0.1, 0.15) is 5.60 Å². The Morgan fingerprint density at radius 3 is 2.35 bits per heavy atom. The highest BCUT2D eigenvalue weighted by Gasteiger charge is 2.31. The Balaban J connectivity index is 1.92. The van der Waals surface area contributed by atoms with Gasteiger partial charge in [0.2, 0.25) is 0 Å². The molecule has 2 aliphatic rings. The predicted molar refractivity (Wildman–Crippen MR) is 80.6 cm³/mol. The fourth-order valence-corrected chi connectivity index (χ4v) is 3.19. The van der Waals surface area contributed by atoms with Gasteiger partial charge in [0.15, 0.2) is 0 Å². The zero-order chi connectivity index (χ0) is 14.6. The number of amides is 1. The molecular weight excluding hydrogens is 252 g/mol. The largest absolute Gasteiger partial charge is 0.444 e. The number of nitrogens with zero attached hydrogens (tertiary/aromatic N) is 1. The summed E-state index contributed by atoms with van der Waals surface area (Å²) in [6.45, 7) is 6.61. The summed E-state index contributed by atoms with van der Waals surface area (Å²) in [6, 6.07) is 0.580. The van der Waals surface area contributed by atoms with Crippen molar-refractivity contribution < 1.29 is 9.53 Å². The van der Waals surface area contributed by atoms with E-state index in [0.717, 1.165) is 19.4 Å². The lowest BCUT2D eigenvalue weighted by molar-refractivity contribution is 0.00296. The second-order valence-electron chi connectivity index (χ2n) is 7.19. The highest BCUT2D eigenvalue weighted by molar-refractivity contribution is 5.68. The van der Waals surface area contributed by atoms with Crippen molar-refractivity contribution in [2.75, 3.05) is 6.54 Å². The van der Waals surface area contributed by atoms with Crippen LogP contribution in [0.2, 0.25) is 0 Å². The molecule has 1 N–H and O–H groups in total. The monoisotopic (exact) mass is 282 g/mol. The second kappa shape index (κ2) is 6.79. The molecule has 4 nitrogen and oxygen atoms in total. The maximum Gasteiger partial charge on any atom is 0.411 e. The summed E-state index contributed by atoms with van der Waals surface area (Å²) >= 11 is 0. The Labute approximate surface area is 123 Å². The molecular formula is C16H30N2O2. The summed E-state index contributed by atoms with van der Waals surface area (Å²) < 4.78 is 5.54. The maximum atomic E-state index is 12.3. The predicted octanol–water partition coefficient (Wildman–Crippen LogP) is 3.66. The van der Waals surface area contributed by atoms with Crippen molar-refractivity contribution in [1.29, 1.82) is 0 Å². The van der Waals surface area contributed by atoms with Crippen molar-refractivity contribution in [3.8, 4) is 0 Å². The van der Waals surface area contributed by atoms with Crippen LogP contribution in [0.1, 0.15) is 72.1 Å². The first kappa shape index (κ1) is 15.6. The number of hydrogen-bond acceptors (Lipinski definition) is 3. The minimum Gasteiger partial charge on any atom is -0.444 e. The molecule has 1 saturated heterocycles. The SMILES string of the molecule is CC(C)(C)OC(=O)N1CCCCC1NC1CCCCC1. The minimum absolute atomic E-state index is 0.162. The summed E-state index contributed by atoms with van der Waals surface area (Å²) in [7, 11) is 0. The van der Waals surface area contributed by atoms with E-state index in [1.165, 1.54) is 38.5 Å². The van der Waals surface area contributed by atoms with Gasteiger partial charge in [0, 0.05) is 12.6 Å². The van der Waals surface area contributed by atoms with E-state index in [2.05, 4.69) is 5.32 Å². The van der Waals surface area contributed by atoms with Crippen LogP contribution in [0.4, 0.5) is 4.79 Å².